The van der Waals surface area contributed by atoms with Gasteiger partial charge in [-0.25, -0.2) is 4.39 Å². The molecule has 2 amide bonds. The number of anilines is 1. The van der Waals surface area contributed by atoms with Crippen LogP contribution in [0.4, 0.5) is 15.8 Å². The van der Waals surface area contributed by atoms with E-state index in [-0.39, 0.29) is 30.2 Å². The van der Waals surface area contributed by atoms with Gasteiger partial charge in [-0.15, -0.1) is 0 Å². The lowest BCUT2D eigenvalue weighted by Crippen LogP contribution is -2.36. The van der Waals surface area contributed by atoms with Crippen LogP contribution in [0.15, 0.2) is 18.2 Å². The van der Waals surface area contributed by atoms with Gasteiger partial charge in [-0.2, -0.15) is 0 Å². The monoisotopic (exact) mass is 311 g/mol. The third-order valence-electron chi connectivity index (χ3n) is 2.75. The maximum atomic E-state index is 13.5. The van der Waals surface area contributed by atoms with E-state index in [1.807, 2.05) is 0 Å². The number of hydrogen-bond donors (Lipinski definition) is 2. The van der Waals surface area contributed by atoms with E-state index in [0.717, 1.165) is 18.2 Å². The van der Waals surface area contributed by atoms with Gasteiger partial charge < -0.3 is 10.6 Å². The van der Waals surface area contributed by atoms with Gasteiger partial charge in [0.25, 0.3) is 5.69 Å². The lowest BCUT2D eigenvalue weighted by atomic mass is 9.96. The average Bonchev–Trinajstić information content (AvgIpc) is 2.39. The Labute approximate surface area is 127 Å². The van der Waals surface area contributed by atoms with Gasteiger partial charge in [0.05, 0.1) is 10.6 Å². The molecule has 0 radical (unpaired) electrons. The zero-order valence-electron chi connectivity index (χ0n) is 12.6. The van der Waals surface area contributed by atoms with Crippen molar-refractivity contribution in [3.05, 3.63) is 34.1 Å². The molecule has 0 spiro atoms. The van der Waals surface area contributed by atoms with Crippen LogP contribution < -0.4 is 10.6 Å². The molecule has 2 N–H and O–H groups in total. The quantitative estimate of drug-likeness (QED) is 0.643. The highest BCUT2D eigenvalue weighted by atomic mass is 19.1. The van der Waals surface area contributed by atoms with Crippen LogP contribution in [0.2, 0.25) is 0 Å². The highest BCUT2D eigenvalue weighted by Gasteiger charge is 2.20. The summed E-state index contributed by atoms with van der Waals surface area (Å²) in [4.78, 5) is 33.2. The summed E-state index contributed by atoms with van der Waals surface area (Å²) in [5, 5.41) is 15.4. The molecule has 0 aliphatic rings. The zero-order chi connectivity index (χ0) is 16.9. The maximum absolute atomic E-state index is 13.5. The SMILES string of the molecule is CC(C)(C)C(=O)NCCC(=O)Nc1cc([N+](=O)[O-])ccc1F. The number of carbonyl (C=O) groups is 2. The van der Waals surface area contributed by atoms with Crippen LogP contribution in [0.1, 0.15) is 27.2 Å². The van der Waals surface area contributed by atoms with Gasteiger partial charge in [-0.3, -0.25) is 19.7 Å². The van der Waals surface area contributed by atoms with E-state index in [4.69, 9.17) is 0 Å². The molecule has 7 nitrogen and oxygen atoms in total. The van der Waals surface area contributed by atoms with E-state index in [1.54, 1.807) is 20.8 Å². The van der Waals surface area contributed by atoms with E-state index in [9.17, 15) is 24.1 Å². The molecular weight excluding hydrogens is 293 g/mol. The molecule has 0 fully saturated rings. The smallest absolute Gasteiger partial charge is 0.271 e. The van der Waals surface area contributed by atoms with Crippen LogP contribution in [0.3, 0.4) is 0 Å². The molecule has 0 aliphatic carbocycles. The van der Waals surface area contributed by atoms with E-state index < -0.39 is 22.1 Å². The summed E-state index contributed by atoms with van der Waals surface area (Å²) in [7, 11) is 0. The molecule has 0 saturated heterocycles. The van der Waals surface area contributed by atoms with Crippen molar-refractivity contribution < 1.29 is 18.9 Å². The molecule has 0 bridgehead atoms. The summed E-state index contributed by atoms with van der Waals surface area (Å²) in [6, 6.07) is 2.87. The lowest BCUT2D eigenvalue weighted by Gasteiger charge is -2.17. The van der Waals surface area contributed by atoms with Crippen molar-refractivity contribution in [1.29, 1.82) is 0 Å². The van der Waals surface area contributed by atoms with Gasteiger partial charge in [0.15, 0.2) is 0 Å². The largest absolute Gasteiger partial charge is 0.355 e. The summed E-state index contributed by atoms with van der Waals surface area (Å²) < 4.78 is 13.5. The van der Waals surface area contributed by atoms with Crippen molar-refractivity contribution in [2.75, 3.05) is 11.9 Å². The first-order valence-electron chi connectivity index (χ1n) is 6.63. The Hall–Kier alpha value is -2.51. The number of nitrogens with zero attached hydrogens (tertiary/aromatic N) is 1. The third-order valence-corrected chi connectivity index (χ3v) is 2.75. The molecule has 0 heterocycles. The fraction of sp³-hybridized carbons (Fsp3) is 0.429. The fourth-order valence-corrected chi connectivity index (χ4v) is 1.49. The number of hydrogen-bond acceptors (Lipinski definition) is 4. The normalized spacial score (nSPS) is 10.9. The Morgan fingerprint density at radius 1 is 1.32 bits per heavy atom. The Bertz CT molecular complexity index is 596. The van der Waals surface area contributed by atoms with E-state index >= 15 is 0 Å². The Balaban J connectivity index is 2.57. The number of nitrogens with one attached hydrogen (secondary N) is 2. The van der Waals surface area contributed by atoms with E-state index in [2.05, 4.69) is 10.6 Å². The highest BCUT2D eigenvalue weighted by molar-refractivity contribution is 5.91. The summed E-state index contributed by atoms with van der Waals surface area (Å²) in [5.41, 5.74) is -1.15. The number of amides is 2. The fourth-order valence-electron chi connectivity index (χ4n) is 1.49. The van der Waals surface area contributed by atoms with Crippen LogP contribution in [-0.4, -0.2) is 23.3 Å². The zero-order valence-corrected chi connectivity index (χ0v) is 12.6. The number of carbonyl (C=O) groups excluding carboxylic acids is 2. The average molecular weight is 311 g/mol. The number of benzene rings is 1. The predicted octanol–water partition coefficient (Wildman–Crippen LogP) is 2.22. The number of rotatable bonds is 5. The van der Waals surface area contributed by atoms with Gasteiger partial charge in [0.1, 0.15) is 5.82 Å². The Kier molecular flexibility index (Phi) is 5.56. The van der Waals surface area contributed by atoms with Crippen molar-refractivity contribution >= 4 is 23.2 Å². The maximum Gasteiger partial charge on any atom is 0.271 e. The molecule has 0 aliphatic heterocycles. The van der Waals surface area contributed by atoms with Crippen LogP contribution >= 0.6 is 0 Å². The molecule has 1 aromatic carbocycles. The van der Waals surface area contributed by atoms with Crippen molar-refractivity contribution in [2.45, 2.75) is 27.2 Å². The second-order valence-electron chi connectivity index (χ2n) is 5.73. The van der Waals surface area contributed by atoms with E-state index in [1.165, 1.54) is 0 Å². The first-order chi connectivity index (χ1) is 10.1. The molecule has 0 unspecified atom stereocenters. The van der Waals surface area contributed by atoms with Crippen LogP contribution in [0.5, 0.6) is 0 Å². The summed E-state index contributed by atoms with van der Waals surface area (Å²) in [6.45, 7) is 5.31. The molecule has 120 valence electrons. The minimum Gasteiger partial charge on any atom is -0.355 e. The highest BCUT2D eigenvalue weighted by Crippen LogP contribution is 2.21. The molecule has 8 heteroatoms. The Morgan fingerprint density at radius 2 is 1.95 bits per heavy atom. The van der Waals surface area contributed by atoms with Crippen LogP contribution in [0, 0.1) is 21.3 Å². The van der Waals surface area contributed by atoms with E-state index in [0.29, 0.717) is 0 Å². The molecule has 1 rings (SSSR count). The number of nitro benzene ring substituents is 1. The van der Waals surface area contributed by atoms with Gasteiger partial charge >= 0.3 is 0 Å². The van der Waals surface area contributed by atoms with Crippen molar-refractivity contribution in [2.24, 2.45) is 5.41 Å². The molecule has 0 saturated carbocycles. The topological polar surface area (TPSA) is 101 Å². The standard InChI is InChI=1S/C14H18FN3O4/c1-14(2,3)13(20)16-7-6-12(19)17-11-8-9(18(21)22)4-5-10(11)15/h4-5,8H,6-7H2,1-3H3,(H,16,20)(H,17,19). The molecule has 1 aromatic rings. The first-order valence-corrected chi connectivity index (χ1v) is 6.63. The van der Waals surface area contributed by atoms with Crippen LogP contribution in [0.25, 0.3) is 0 Å². The Morgan fingerprint density at radius 3 is 2.50 bits per heavy atom. The molecule has 0 atom stereocenters. The second kappa shape index (κ2) is 6.97. The molecular formula is C14H18FN3O4. The van der Waals surface area contributed by atoms with Gasteiger partial charge in [-0.05, 0) is 6.07 Å². The summed E-state index contributed by atoms with van der Waals surface area (Å²) in [6.07, 6.45) is -0.0655. The minimum absolute atomic E-state index is 0.0655. The van der Waals surface area contributed by atoms with Crippen molar-refractivity contribution in [3.63, 3.8) is 0 Å². The number of non-ortho nitro benzene ring substituents is 1. The predicted molar refractivity (Wildman–Crippen MR) is 78.8 cm³/mol. The van der Waals surface area contributed by atoms with Gasteiger partial charge in [0.2, 0.25) is 11.8 Å². The van der Waals surface area contributed by atoms with Crippen molar-refractivity contribution in [3.8, 4) is 0 Å². The molecule has 22 heavy (non-hydrogen) atoms. The number of halogens is 1. The third kappa shape index (κ3) is 5.12. The summed E-state index contributed by atoms with van der Waals surface area (Å²) in [5.74, 6) is -1.52. The second-order valence-corrected chi connectivity index (χ2v) is 5.73. The summed E-state index contributed by atoms with van der Waals surface area (Å²) >= 11 is 0. The lowest BCUT2D eigenvalue weighted by molar-refractivity contribution is -0.384. The minimum atomic E-state index is -0.766. The first kappa shape index (κ1) is 17.5. The number of nitro groups is 1. The molecule has 0 aromatic heterocycles. The van der Waals surface area contributed by atoms with Gasteiger partial charge in [-0.1, -0.05) is 20.8 Å². The van der Waals surface area contributed by atoms with Crippen LogP contribution in [-0.2, 0) is 9.59 Å². The van der Waals surface area contributed by atoms with Gasteiger partial charge in [0, 0.05) is 30.5 Å². The van der Waals surface area contributed by atoms with Crippen molar-refractivity contribution in [1.82, 2.24) is 5.32 Å².